The minimum Gasteiger partial charge on any atom is -0.358 e. The van der Waals surface area contributed by atoms with Crippen LogP contribution in [0.3, 0.4) is 0 Å². The molecule has 1 aromatic heterocycles. The highest BCUT2D eigenvalue weighted by molar-refractivity contribution is 6.03. The van der Waals surface area contributed by atoms with Gasteiger partial charge in [0.05, 0.1) is 6.54 Å². The standard InChI is InChI=1S/C17H17N5O3/c1-20(17-16(22(24)25)18-11-21(17)2)10-15(23)19-14-9-5-7-12-6-3-4-8-13(12)14/h3-9,11H,10H2,1-2H3,(H,19,23). The van der Waals surface area contributed by atoms with Crippen LogP contribution in [-0.4, -0.2) is 34.0 Å². The Morgan fingerprint density at radius 1 is 1.28 bits per heavy atom. The summed E-state index contributed by atoms with van der Waals surface area (Å²) in [7, 11) is 3.27. The van der Waals surface area contributed by atoms with Crippen molar-refractivity contribution in [2.24, 2.45) is 7.05 Å². The van der Waals surface area contributed by atoms with Crippen molar-refractivity contribution in [1.29, 1.82) is 0 Å². The zero-order chi connectivity index (χ0) is 18.0. The topological polar surface area (TPSA) is 93.3 Å². The Hall–Kier alpha value is -3.42. The molecule has 3 aromatic rings. The fraction of sp³-hybridized carbons (Fsp3) is 0.176. The summed E-state index contributed by atoms with van der Waals surface area (Å²) >= 11 is 0. The summed E-state index contributed by atoms with van der Waals surface area (Å²) < 4.78 is 1.52. The molecule has 0 spiro atoms. The van der Waals surface area contributed by atoms with Gasteiger partial charge in [-0.2, -0.15) is 0 Å². The average Bonchev–Trinajstić information content (AvgIpc) is 2.97. The summed E-state index contributed by atoms with van der Waals surface area (Å²) in [6.07, 6.45) is 1.35. The third kappa shape index (κ3) is 3.27. The Morgan fingerprint density at radius 3 is 2.76 bits per heavy atom. The van der Waals surface area contributed by atoms with Crippen LogP contribution in [0.5, 0.6) is 0 Å². The lowest BCUT2D eigenvalue weighted by atomic mass is 10.1. The summed E-state index contributed by atoms with van der Waals surface area (Å²) in [6.45, 7) is -0.0381. The summed E-state index contributed by atoms with van der Waals surface area (Å²) in [4.78, 5) is 28.2. The van der Waals surface area contributed by atoms with Crippen molar-refractivity contribution >= 4 is 34.0 Å². The molecule has 0 fully saturated rings. The minimum absolute atomic E-state index is 0.0381. The van der Waals surface area contributed by atoms with E-state index in [2.05, 4.69) is 10.3 Å². The van der Waals surface area contributed by atoms with Crippen molar-refractivity contribution in [2.75, 3.05) is 23.8 Å². The third-order valence-electron chi connectivity index (χ3n) is 3.87. The second-order valence-corrected chi connectivity index (χ2v) is 5.69. The first kappa shape index (κ1) is 16.4. The highest BCUT2D eigenvalue weighted by Gasteiger charge is 2.24. The maximum absolute atomic E-state index is 12.4. The van der Waals surface area contributed by atoms with Crippen molar-refractivity contribution in [1.82, 2.24) is 9.55 Å². The number of fused-ring (bicyclic) bond motifs is 1. The number of nitrogens with zero attached hydrogens (tertiary/aromatic N) is 4. The van der Waals surface area contributed by atoms with Crippen LogP contribution in [-0.2, 0) is 11.8 Å². The van der Waals surface area contributed by atoms with Gasteiger partial charge in [0, 0.05) is 25.2 Å². The molecule has 0 radical (unpaired) electrons. The molecule has 0 atom stereocenters. The van der Waals surface area contributed by atoms with Crippen LogP contribution in [0.4, 0.5) is 17.3 Å². The first-order chi connectivity index (χ1) is 12.0. The van der Waals surface area contributed by atoms with E-state index in [0.29, 0.717) is 5.69 Å². The van der Waals surface area contributed by atoms with Gasteiger partial charge in [0.1, 0.15) is 0 Å². The van der Waals surface area contributed by atoms with Gasteiger partial charge >= 0.3 is 5.82 Å². The van der Waals surface area contributed by atoms with Crippen LogP contribution < -0.4 is 10.2 Å². The number of likely N-dealkylation sites (N-methyl/N-ethyl adjacent to an activating group) is 1. The Bertz CT molecular complexity index is 945. The quantitative estimate of drug-likeness (QED) is 0.569. The molecule has 25 heavy (non-hydrogen) atoms. The number of rotatable bonds is 5. The fourth-order valence-electron chi connectivity index (χ4n) is 2.79. The normalized spacial score (nSPS) is 10.6. The number of carbonyl (C=O) groups excluding carboxylic acids is 1. The van der Waals surface area contributed by atoms with E-state index in [4.69, 9.17) is 0 Å². The van der Waals surface area contributed by atoms with Crippen LogP contribution >= 0.6 is 0 Å². The molecule has 1 heterocycles. The van der Waals surface area contributed by atoms with E-state index in [-0.39, 0.29) is 24.1 Å². The Balaban J connectivity index is 1.79. The number of imidazole rings is 1. The summed E-state index contributed by atoms with van der Waals surface area (Å²) in [5, 5.41) is 15.9. The Labute approximate surface area is 143 Å². The van der Waals surface area contributed by atoms with E-state index in [0.717, 1.165) is 10.8 Å². The fourth-order valence-corrected chi connectivity index (χ4v) is 2.79. The summed E-state index contributed by atoms with van der Waals surface area (Å²) in [6, 6.07) is 13.4. The molecule has 0 saturated heterocycles. The molecule has 0 unspecified atom stereocenters. The van der Waals surface area contributed by atoms with Gasteiger partial charge in [0.2, 0.25) is 18.1 Å². The van der Waals surface area contributed by atoms with Gasteiger partial charge in [-0.15, -0.1) is 0 Å². The van der Waals surface area contributed by atoms with E-state index in [9.17, 15) is 14.9 Å². The van der Waals surface area contributed by atoms with Crippen LogP contribution in [0, 0.1) is 10.1 Å². The Morgan fingerprint density at radius 2 is 2.00 bits per heavy atom. The molecule has 0 aliphatic carbocycles. The second kappa shape index (κ2) is 6.60. The average molecular weight is 339 g/mol. The van der Waals surface area contributed by atoms with Gasteiger partial charge in [-0.1, -0.05) is 36.4 Å². The number of hydrogen-bond acceptors (Lipinski definition) is 5. The first-order valence-electron chi connectivity index (χ1n) is 7.62. The number of carbonyl (C=O) groups is 1. The zero-order valence-electron chi connectivity index (χ0n) is 13.8. The molecular formula is C17H17N5O3. The molecule has 0 bridgehead atoms. The van der Waals surface area contributed by atoms with Crippen molar-refractivity contribution in [2.45, 2.75) is 0 Å². The number of amides is 1. The number of nitro groups is 1. The number of benzene rings is 2. The lowest BCUT2D eigenvalue weighted by Crippen LogP contribution is -2.31. The maximum Gasteiger partial charge on any atom is 0.406 e. The lowest BCUT2D eigenvalue weighted by molar-refractivity contribution is -0.388. The van der Waals surface area contributed by atoms with Gasteiger partial charge in [-0.05, 0) is 21.4 Å². The van der Waals surface area contributed by atoms with E-state index in [1.54, 1.807) is 14.1 Å². The van der Waals surface area contributed by atoms with Gasteiger partial charge in [-0.3, -0.25) is 9.36 Å². The van der Waals surface area contributed by atoms with Crippen molar-refractivity contribution in [3.63, 3.8) is 0 Å². The summed E-state index contributed by atoms with van der Waals surface area (Å²) in [5.41, 5.74) is 0.705. The van der Waals surface area contributed by atoms with Gasteiger partial charge in [0.15, 0.2) is 0 Å². The molecule has 128 valence electrons. The van der Waals surface area contributed by atoms with Crippen molar-refractivity contribution < 1.29 is 9.72 Å². The number of nitrogens with one attached hydrogen (secondary N) is 1. The van der Waals surface area contributed by atoms with Crippen molar-refractivity contribution in [3.05, 3.63) is 58.9 Å². The minimum atomic E-state index is -0.561. The summed E-state index contributed by atoms with van der Waals surface area (Å²) in [5.74, 6) is -0.268. The van der Waals surface area contributed by atoms with Crippen LogP contribution in [0.15, 0.2) is 48.8 Å². The predicted molar refractivity (Wildman–Crippen MR) is 95.7 cm³/mol. The highest BCUT2D eigenvalue weighted by atomic mass is 16.6. The Kier molecular flexibility index (Phi) is 4.34. The van der Waals surface area contributed by atoms with Gasteiger partial charge in [0.25, 0.3) is 0 Å². The molecule has 3 rings (SSSR count). The molecule has 1 amide bonds. The molecule has 0 saturated carbocycles. The highest BCUT2D eigenvalue weighted by Crippen LogP contribution is 2.25. The van der Waals surface area contributed by atoms with Crippen LogP contribution in [0.1, 0.15) is 0 Å². The molecule has 8 nitrogen and oxygen atoms in total. The van der Waals surface area contributed by atoms with E-state index in [1.165, 1.54) is 15.8 Å². The lowest BCUT2D eigenvalue weighted by Gasteiger charge is -2.18. The van der Waals surface area contributed by atoms with Crippen LogP contribution in [0.2, 0.25) is 0 Å². The number of aromatic nitrogens is 2. The molecular weight excluding hydrogens is 322 g/mol. The number of aryl methyl sites for hydroxylation is 1. The number of hydrogen-bond donors (Lipinski definition) is 1. The second-order valence-electron chi connectivity index (χ2n) is 5.69. The smallest absolute Gasteiger partial charge is 0.358 e. The molecule has 0 aliphatic rings. The van der Waals surface area contributed by atoms with Gasteiger partial charge in [-0.25, -0.2) is 0 Å². The zero-order valence-corrected chi connectivity index (χ0v) is 13.8. The molecule has 0 aliphatic heterocycles. The van der Waals surface area contributed by atoms with E-state index < -0.39 is 4.92 Å². The SMILES string of the molecule is CN(CC(=O)Nc1cccc2ccccc12)c1c([N+](=O)[O-])ncn1C. The largest absolute Gasteiger partial charge is 0.406 e. The monoisotopic (exact) mass is 339 g/mol. The molecule has 1 N–H and O–H groups in total. The van der Waals surface area contributed by atoms with Gasteiger partial charge < -0.3 is 20.3 Å². The maximum atomic E-state index is 12.4. The van der Waals surface area contributed by atoms with E-state index in [1.807, 2.05) is 42.5 Å². The van der Waals surface area contributed by atoms with Crippen molar-refractivity contribution in [3.8, 4) is 0 Å². The van der Waals surface area contributed by atoms with E-state index >= 15 is 0 Å². The molecule has 2 aromatic carbocycles. The third-order valence-corrected chi connectivity index (χ3v) is 3.87. The molecule has 8 heteroatoms. The number of anilines is 2. The predicted octanol–water partition coefficient (Wildman–Crippen LogP) is 2.56. The van der Waals surface area contributed by atoms with Crippen LogP contribution in [0.25, 0.3) is 10.8 Å². The first-order valence-corrected chi connectivity index (χ1v) is 7.62.